The topological polar surface area (TPSA) is 47.3 Å². The number of rotatable bonds is 5. The fraction of sp³-hybridized carbons (Fsp3) is 0.571. The third kappa shape index (κ3) is 3.95. The van der Waals surface area contributed by atoms with Crippen LogP contribution in [0.5, 0.6) is 0 Å². The van der Waals surface area contributed by atoms with E-state index in [0.29, 0.717) is 11.6 Å². The van der Waals surface area contributed by atoms with Gasteiger partial charge in [0, 0.05) is 11.6 Å². The lowest BCUT2D eigenvalue weighted by Gasteiger charge is -2.36. The molecule has 0 aliphatic rings. The van der Waals surface area contributed by atoms with Crippen LogP contribution < -0.4 is 11.3 Å². The minimum absolute atomic E-state index is 0.0185. The Balaban J connectivity index is 3.06. The molecule has 4 heteroatoms. The predicted molar refractivity (Wildman–Crippen MR) is 76.4 cm³/mol. The van der Waals surface area contributed by atoms with E-state index in [9.17, 15) is 0 Å². The molecule has 3 N–H and O–H groups in total. The maximum Gasteiger partial charge on any atom is 0.0830 e. The van der Waals surface area contributed by atoms with E-state index in [0.717, 1.165) is 5.56 Å². The zero-order valence-corrected chi connectivity index (χ0v) is 12.3. The zero-order chi connectivity index (χ0) is 13.8. The number of hydrogen-bond donors (Lipinski definition) is 2. The van der Waals surface area contributed by atoms with Crippen LogP contribution in [0.15, 0.2) is 24.3 Å². The summed E-state index contributed by atoms with van der Waals surface area (Å²) in [5.74, 6) is 5.71. The predicted octanol–water partition coefficient (Wildman–Crippen LogP) is 3.30. The number of nitrogens with one attached hydrogen (secondary N) is 1. The molecule has 0 saturated heterocycles. The number of hydrogen-bond acceptors (Lipinski definition) is 3. The second kappa shape index (κ2) is 6.53. The van der Waals surface area contributed by atoms with Gasteiger partial charge >= 0.3 is 0 Å². The van der Waals surface area contributed by atoms with Gasteiger partial charge < -0.3 is 4.74 Å². The SMILES string of the molecule is CCOC(C(NN)c1cccc(Cl)c1)C(C)(C)C. The Bertz CT molecular complexity index is 376. The summed E-state index contributed by atoms with van der Waals surface area (Å²) < 4.78 is 5.87. The van der Waals surface area contributed by atoms with Crippen LogP contribution in [-0.4, -0.2) is 12.7 Å². The quantitative estimate of drug-likeness (QED) is 0.638. The number of ether oxygens (including phenoxy) is 1. The fourth-order valence-corrected chi connectivity index (χ4v) is 2.28. The van der Waals surface area contributed by atoms with E-state index in [1.54, 1.807) is 0 Å². The van der Waals surface area contributed by atoms with Gasteiger partial charge in [-0.1, -0.05) is 44.5 Å². The molecule has 0 heterocycles. The first kappa shape index (κ1) is 15.4. The lowest BCUT2D eigenvalue weighted by molar-refractivity contribution is -0.0366. The number of hydrazine groups is 1. The van der Waals surface area contributed by atoms with E-state index in [2.05, 4.69) is 26.2 Å². The highest BCUT2D eigenvalue weighted by Gasteiger charge is 2.33. The fourth-order valence-electron chi connectivity index (χ4n) is 2.08. The first-order chi connectivity index (χ1) is 8.40. The molecule has 18 heavy (non-hydrogen) atoms. The molecule has 1 aromatic rings. The summed E-state index contributed by atoms with van der Waals surface area (Å²) in [5.41, 5.74) is 3.88. The van der Waals surface area contributed by atoms with Crippen molar-refractivity contribution in [2.45, 2.75) is 39.8 Å². The van der Waals surface area contributed by atoms with E-state index in [-0.39, 0.29) is 17.6 Å². The van der Waals surface area contributed by atoms with Crippen LogP contribution in [0, 0.1) is 5.41 Å². The van der Waals surface area contributed by atoms with Crippen molar-refractivity contribution in [3.8, 4) is 0 Å². The Morgan fingerprint density at radius 3 is 2.50 bits per heavy atom. The second-order valence-electron chi connectivity index (χ2n) is 5.44. The van der Waals surface area contributed by atoms with Crippen LogP contribution >= 0.6 is 11.6 Å². The van der Waals surface area contributed by atoms with Crippen LogP contribution in [0.25, 0.3) is 0 Å². The summed E-state index contributed by atoms with van der Waals surface area (Å²) in [7, 11) is 0. The van der Waals surface area contributed by atoms with E-state index in [1.165, 1.54) is 0 Å². The lowest BCUT2D eigenvalue weighted by atomic mass is 9.82. The molecular weight excluding hydrogens is 248 g/mol. The van der Waals surface area contributed by atoms with Gasteiger partial charge in [0.25, 0.3) is 0 Å². The lowest BCUT2D eigenvalue weighted by Crippen LogP contribution is -2.44. The van der Waals surface area contributed by atoms with Crippen molar-refractivity contribution in [1.29, 1.82) is 0 Å². The first-order valence-corrected chi connectivity index (χ1v) is 6.61. The average Bonchev–Trinajstić information content (AvgIpc) is 2.28. The molecule has 0 bridgehead atoms. The Kier molecular flexibility index (Phi) is 5.60. The molecule has 0 saturated carbocycles. The highest BCUT2D eigenvalue weighted by atomic mass is 35.5. The molecule has 3 nitrogen and oxygen atoms in total. The molecule has 2 unspecified atom stereocenters. The zero-order valence-electron chi connectivity index (χ0n) is 11.5. The smallest absolute Gasteiger partial charge is 0.0830 e. The second-order valence-corrected chi connectivity index (χ2v) is 5.88. The van der Waals surface area contributed by atoms with Crippen molar-refractivity contribution in [3.05, 3.63) is 34.9 Å². The molecule has 0 fully saturated rings. The van der Waals surface area contributed by atoms with Crippen molar-refractivity contribution < 1.29 is 4.74 Å². The van der Waals surface area contributed by atoms with Crippen molar-refractivity contribution >= 4 is 11.6 Å². The Labute approximate surface area is 115 Å². The molecule has 0 amide bonds. The molecule has 0 spiro atoms. The van der Waals surface area contributed by atoms with E-state index < -0.39 is 0 Å². The summed E-state index contributed by atoms with van der Waals surface area (Å²) in [4.78, 5) is 0. The number of nitrogens with two attached hydrogens (primary N) is 1. The Hall–Kier alpha value is -0.610. The summed E-state index contributed by atoms with van der Waals surface area (Å²) in [6.45, 7) is 9.07. The van der Waals surface area contributed by atoms with Crippen LogP contribution in [0.3, 0.4) is 0 Å². The van der Waals surface area contributed by atoms with Gasteiger partial charge in [-0.3, -0.25) is 11.3 Å². The third-order valence-corrected chi connectivity index (χ3v) is 3.12. The van der Waals surface area contributed by atoms with E-state index >= 15 is 0 Å². The summed E-state index contributed by atoms with van der Waals surface area (Å²) in [6, 6.07) is 7.63. The monoisotopic (exact) mass is 270 g/mol. The van der Waals surface area contributed by atoms with Gasteiger partial charge in [0.15, 0.2) is 0 Å². The Morgan fingerprint density at radius 2 is 2.06 bits per heavy atom. The molecule has 0 aliphatic carbocycles. The maximum absolute atomic E-state index is 6.03. The molecule has 102 valence electrons. The van der Waals surface area contributed by atoms with Crippen molar-refractivity contribution in [3.63, 3.8) is 0 Å². The molecule has 0 radical (unpaired) electrons. The molecule has 2 atom stereocenters. The number of benzene rings is 1. The molecular formula is C14H23ClN2O. The minimum Gasteiger partial charge on any atom is -0.376 e. The largest absolute Gasteiger partial charge is 0.376 e. The van der Waals surface area contributed by atoms with Gasteiger partial charge in [-0.2, -0.15) is 0 Å². The minimum atomic E-state index is -0.0800. The molecule has 1 rings (SSSR count). The Morgan fingerprint density at radius 1 is 1.39 bits per heavy atom. The summed E-state index contributed by atoms with van der Waals surface area (Å²) in [5, 5.41) is 0.705. The van der Waals surface area contributed by atoms with Crippen LogP contribution in [-0.2, 0) is 4.74 Å². The van der Waals surface area contributed by atoms with E-state index in [1.807, 2.05) is 31.2 Å². The van der Waals surface area contributed by atoms with Gasteiger partial charge in [0.2, 0.25) is 0 Å². The van der Waals surface area contributed by atoms with Crippen LogP contribution in [0.1, 0.15) is 39.3 Å². The molecule has 0 aliphatic heterocycles. The van der Waals surface area contributed by atoms with Gasteiger partial charge in [-0.15, -0.1) is 0 Å². The summed E-state index contributed by atoms with van der Waals surface area (Å²) >= 11 is 6.03. The maximum atomic E-state index is 6.03. The number of halogens is 1. The highest BCUT2D eigenvalue weighted by molar-refractivity contribution is 6.30. The van der Waals surface area contributed by atoms with Gasteiger partial charge in [0.1, 0.15) is 0 Å². The van der Waals surface area contributed by atoms with Gasteiger partial charge in [-0.05, 0) is 30.0 Å². The van der Waals surface area contributed by atoms with E-state index in [4.69, 9.17) is 22.2 Å². The molecule has 1 aromatic carbocycles. The average molecular weight is 271 g/mol. The third-order valence-electron chi connectivity index (χ3n) is 2.89. The first-order valence-electron chi connectivity index (χ1n) is 6.23. The highest BCUT2D eigenvalue weighted by Crippen LogP contribution is 2.33. The van der Waals surface area contributed by atoms with Crippen LogP contribution in [0.2, 0.25) is 5.02 Å². The van der Waals surface area contributed by atoms with Crippen molar-refractivity contribution in [1.82, 2.24) is 5.43 Å². The van der Waals surface area contributed by atoms with Gasteiger partial charge in [-0.25, -0.2) is 0 Å². The van der Waals surface area contributed by atoms with Crippen LogP contribution in [0.4, 0.5) is 0 Å². The standard InChI is InChI=1S/C14H23ClN2O/c1-5-18-13(14(2,3)4)12(17-16)10-7-6-8-11(15)9-10/h6-9,12-13,17H,5,16H2,1-4H3. The summed E-state index contributed by atoms with van der Waals surface area (Å²) in [6.07, 6.45) is -0.0223. The molecule has 0 aromatic heterocycles. The van der Waals surface area contributed by atoms with Crippen molar-refractivity contribution in [2.24, 2.45) is 11.3 Å². The van der Waals surface area contributed by atoms with Crippen molar-refractivity contribution in [2.75, 3.05) is 6.61 Å². The normalized spacial score (nSPS) is 15.4. The van der Waals surface area contributed by atoms with Gasteiger partial charge in [0.05, 0.1) is 12.1 Å².